The molecule has 1 aromatic carbocycles. The molecule has 3 rings (SSSR count). The number of benzene rings is 1. The van der Waals surface area contributed by atoms with Crippen molar-refractivity contribution >= 4 is 17.5 Å². The normalized spacial score (nSPS) is 14.5. The molecule has 2 aromatic rings. The van der Waals surface area contributed by atoms with Crippen LogP contribution in [0.4, 0.5) is 5.69 Å². The number of methoxy groups -OCH3 is 2. The number of hydrogen-bond donors (Lipinski definition) is 1. The van der Waals surface area contributed by atoms with E-state index in [0.29, 0.717) is 23.1 Å². The Kier molecular flexibility index (Phi) is 6.13. The Hall–Kier alpha value is -3.09. The van der Waals surface area contributed by atoms with Crippen molar-refractivity contribution in [1.82, 2.24) is 9.88 Å². The summed E-state index contributed by atoms with van der Waals surface area (Å²) in [6.07, 6.45) is 1.98. The predicted molar refractivity (Wildman–Crippen MR) is 106 cm³/mol. The van der Waals surface area contributed by atoms with Crippen LogP contribution >= 0.6 is 0 Å². The first-order valence-corrected chi connectivity index (χ1v) is 9.31. The summed E-state index contributed by atoms with van der Waals surface area (Å²) in [5, 5.41) is 2.77. The highest BCUT2D eigenvalue weighted by atomic mass is 16.5. The number of nitrogens with zero attached hydrogens (tertiary/aromatic N) is 2. The van der Waals surface area contributed by atoms with Crippen molar-refractivity contribution in [1.29, 1.82) is 0 Å². The number of aromatic nitrogens is 1. The van der Waals surface area contributed by atoms with Crippen LogP contribution in [0.5, 0.6) is 11.5 Å². The van der Waals surface area contributed by atoms with E-state index in [0.717, 1.165) is 25.9 Å². The standard InChI is InChI=1S/C21H25N3O4/c1-14-9-11-24(12-10-14)21(26)17-6-4-5-16(22-17)20(25)23-18-13-15(27-2)7-8-19(18)28-3/h4-8,13-14H,9-12H2,1-3H3,(H,23,25). The van der Waals surface area contributed by atoms with E-state index in [2.05, 4.69) is 17.2 Å². The molecule has 0 atom stereocenters. The van der Waals surface area contributed by atoms with E-state index < -0.39 is 5.91 Å². The second-order valence-corrected chi connectivity index (χ2v) is 6.90. The predicted octanol–water partition coefficient (Wildman–Crippen LogP) is 3.22. The minimum atomic E-state index is -0.423. The van der Waals surface area contributed by atoms with E-state index in [9.17, 15) is 9.59 Å². The van der Waals surface area contributed by atoms with Crippen LogP contribution in [0, 0.1) is 5.92 Å². The number of amides is 2. The van der Waals surface area contributed by atoms with Crippen LogP contribution in [0.25, 0.3) is 0 Å². The van der Waals surface area contributed by atoms with E-state index in [-0.39, 0.29) is 17.3 Å². The molecule has 1 aliphatic heterocycles. The summed E-state index contributed by atoms with van der Waals surface area (Å²) in [4.78, 5) is 31.5. The number of hydrogen-bond acceptors (Lipinski definition) is 5. The molecule has 0 aliphatic carbocycles. The first-order chi connectivity index (χ1) is 13.5. The SMILES string of the molecule is COc1ccc(OC)c(NC(=O)c2cccc(C(=O)N3CCC(C)CC3)n2)c1. The third-order valence-electron chi connectivity index (χ3n) is 4.93. The van der Waals surface area contributed by atoms with Gasteiger partial charge in [-0.2, -0.15) is 0 Å². The van der Waals surface area contributed by atoms with Crippen LogP contribution in [0.2, 0.25) is 0 Å². The van der Waals surface area contributed by atoms with Crippen molar-refractivity contribution in [3.05, 3.63) is 47.8 Å². The number of pyridine rings is 1. The summed E-state index contributed by atoms with van der Waals surface area (Å²) >= 11 is 0. The number of nitrogens with one attached hydrogen (secondary N) is 1. The highest BCUT2D eigenvalue weighted by Gasteiger charge is 2.23. The smallest absolute Gasteiger partial charge is 0.274 e. The molecule has 0 radical (unpaired) electrons. The average molecular weight is 383 g/mol. The molecule has 148 valence electrons. The van der Waals surface area contributed by atoms with Crippen LogP contribution in [0.3, 0.4) is 0 Å². The van der Waals surface area contributed by atoms with Gasteiger partial charge in [0.2, 0.25) is 0 Å². The van der Waals surface area contributed by atoms with E-state index in [1.54, 1.807) is 48.4 Å². The Balaban J connectivity index is 1.76. The fraction of sp³-hybridized carbons (Fsp3) is 0.381. The monoisotopic (exact) mass is 383 g/mol. The van der Waals surface area contributed by atoms with Gasteiger partial charge in [-0.25, -0.2) is 4.98 Å². The zero-order chi connectivity index (χ0) is 20.1. The van der Waals surface area contributed by atoms with Crippen LogP contribution in [-0.2, 0) is 0 Å². The lowest BCUT2D eigenvalue weighted by Gasteiger charge is -2.30. The van der Waals surface area contributed by atoms with Gasteiger partial charge in [0.25, 0.3) is 11.8 Å². The molecule has 0 saturated carbocycles. The van der Waals surface area contributed by atoms with Crippen molar-refractivity contribution in [3.8, 4) is 11.5 Å². The lowest BCUT2D eigenvalue weighted by Crippen LogP contribution is -2.38. The van der Waals surface area contributed by atoms with Crippen LogP contribution in [0.1, 0.15) is 40.7 Å². The number of ether oxygens (including phenoxy) is 2. The Morgan fingerprint density at radius 3 is 2.46 bits per heavy atom. The van der Waals surface area contributed by atoms with Crippen LogP contribution in [-0.4, -0.2) is 49.0 Å². The van der Waals surface area contributed by atoms with Gasteiger partial charge in [-0.05, 0) is 43.0 Å². The maximum Gasteiger partial charge on any atom is 0.274 e. The Morgan fingerprint density at radius 1 is 1.07 bits per heavy atom. The van der Waals surface area contributed by atoms with Crippen LogP contribution < -0.4 is 14.8 Å². The minimum Gasteiger partial charge on any atom is -0.497 e. The molecule has 7 nitrogen and oxygen atoms in total. The first kappa shape index (κ1) is 19.7. The number of rotatable bonds is 5. The van der Waals surface area contributed by atoms with E-state index in [1.807, 2.05) is 0 Å². The zero-order valence-corrected chi connectivity index (χ0v) is 16.4. The number of carbonyl (C=O) groups excluding carboxylic acids is 2. The fourth-order valence-electron chi connectivity index (χ4n) is 3.15. The lowest BCUT2D eigenvalue weighted by atomic mass is 9.99. The van der Waals surface area contributed by atoms with Gasteiger partial charge in [-0.3, -0.25) is 9.59 Å². The molecule has 0 unspecified atom stereocenters. The van der Waals surface area contributed by atoms with Gasteiger partial charge >= 0.3 is 0 Å². The first-order valence-electron chi connectivity index (χ1n) is 9.31. The number of carbonyl (C=O) groups is 2. The fourth-order valence-corrected chi connectivity index (χ4v) is 3.15. The summed E-state index contributed by atoms with van der Waals surface area (Å²) in [5.74, 6) is 1.16. The summed E-state index contributed by atoms with van der Waals surface area (Å²) < 4.78 is 10.5. The third kappa shape index (κ3) is 4.42. The average Bonchev–Trinajstić information content (AvgIpc) is 2.73. The molecular formula is C21H25N3O4. The molecule has 1 aliphatic rings. The second-order valence-electron chi connectivity index (χ2n) is 6.90. The maximum atomic E-state index is 12.7. The zero-order valence-electron chi connectivity index (χ0n) is 16.4. The summed E-state index contributed by atoms with van der Waals surface area (Å²) in [5.41, 5.74) is 0.913. The van der Waals surface area contributed by atoms with Crippen LogP contribution in [0.15, 0.2) is 36.4 Å². The van der Waals surface area contributed by atoms with Crippen molar-refractivity contribution in [2.75, 3.05) is 32.6 Å². The maximum absolute atomic E-state index is 12.7. The molecule has 2 amide bonds. The molecule has 7 heteroatoms. The second kappa shape index (κ2) is 8.73. The summed E-state index contributed by atoms with van der Waals surface area (Å²) in [7, 11) is 3.07. The van der Waals surface area contributed by atoms with Crippen molar-refractivity contribution in [2.24, 2.45) is 5.92 Å². The minimum absolute atomic E-state index is 0.138. The Morgan fingerprint density at radius 2 is 1.79 bits per heavy atom. The molecule has 1 saturated heterocycles. The number of anilines is 1. The Bertz CT molecular complexity index is 860. The highest BCUT2D eigenvalue weighted by Crippen LogP contribution is 2.29. The summed E-state index contributed by atoms with van der Waals surface area (Å²) in [6.45, 7) is 3.64. The van der Waals surface area contributed by atoms with Gasteiger partial charge in [0, 0.05) is 19.2 Å². The molecule has 28 heavy (non-hydrogen) atoms. The summed E-state index contributed by atoms with van der Waals surface area (Å²) in [6, 6.07) is 10.0. The Labute approximate surface area is 164 Å². The van der Waals surface area contributed by atoms with Gasteiger partial charge in [-0.1, -0.05) is 13.0 Å². The molecular weight excluding hydrogens is 358 g/mol. The van der Waals surface area contributed by atoms with Crippen molar-refractivity contribution < 1.29 is 19.1 Å². The van der Waals surface area contributed by atoms with Gasteiger partial charge in [0.1, 0.15) is 22.9 Å². The topological polar surface area (TPSA) is 80.8 Å². The van der Waals surface area contributed by atoms with Gasteiger partial charge < -0.3 is 19.7 Å². The highest BCUT2D eigenvalue weighted by molar-refractivity contribution is 6.04. The van der Waals surface area contributed by atoms with Gasteiger partial charge in [-0.15, -0.1) is 0 Å². The van der Waals surface area contributed by atoms with Gasteiger partial charge in [0.15, 0.2) is 0 Å². The van der Waals surface area contributed by atoms with E-state index in [1.165, 1.54) is 7.11 Å². The molecule has 2 heterocycles. The molecule has 0 spiro atoms. The lowest BCUT2D eigenvalue weighted by molar-refractivity contribution is 0.0691. The number of piperidine rings is 1. The largest absolute Gasteiger partial charge is 0.497 e. The van der Waals surface area contributed by atoms with Crippen molar-refractivity contribution in [2.45, 2.75) is 19.8 Å². The van der Waals surface area contributed by atoms with E-state index in [4.69, 9.17) is 9.47 Å². The molecule has 1 aromatic heterocycles. The quantitative estimate of drug-likeness (QED) is 0.857. The van der Waals surface area contributed by atoms with Gasteiger partial charge in [0.05, 0.1) is 19.9 Å². The molecule has 1 N–H and O–H groups in total. The van der Waals surface area contributed by atoms with Crippen molar-refractivity contribution in [3.63, 3.8) is 0 Å². The van der Waals surface area contributed by atoms with E-state index >= 15 is 0 Å². The molecule has 1 fully saturated rings. The third-order valence-corrected chi connectivity index (χ3v) is 4.93. The number of likely N-dealkylation sites (tertiary alicyclic amines) is 1. The molecule has 0 bridgehead atoms.